The molecule has 226 valence electrons. The van der Waals surface area contributed by atoms with E-state index in [1.807, 2.05) is 60.7 Å². The molecular weight excluding hydrogens is 578 g/mol. The molecule has 9 nitrogen and oxygen atoms in total. The van der Waals surface area contributed by atoms with Crippen molar-refractivity contribution in [2.75, 3.05) is 35.4 Å². The van der Waals surface area contributed by atoms with Crippen LogP contribution in [-0.4, -0.2) is 62.7 Å². The van der Waals surface area contributed by atoms with Crippen molar-refractivity contribution in [3.63, 3.8) is 0 Å². The molecule has 44 heavy (non-hydrogen) atoms. The number of rotatable bonds is 8. The molecule has 0 radical (unpaired) electrons. The number of carbonyl (C=O) groups excluding carboxylic acids is 2. The summed E-state index contributed by atoms with van der Waals surface area (Å²) < 4.78 is 23.4. The zero-order valence-corrected chi connectivity index (χ0v) is 26.1. The Balaban J connectivity index is 0.000000712. The number of fused-ring (bicyclic) bond motifs is 3. The predicted octanol–water partition coefficient (Wildman–Crippen LogP) is 6.42. The van der Waals surface area contributed by atoms with Crippen LogP contribution < -0.4 is 14.2 Å². The molecule has 0 N–H and O–H groups in total. The van der Waals surface area contributed by atoms with Crippen molar-refractivity contribution in [2.45, 2.75) is 19.4 Å². The monoisotopic (exact) mass is 611 g/mol. The summed E-state index contributed by atoms with van der Waals surface area (Å²) in [5.74, 6) is 1.33. The number of hydrogen-bond donors (Lipinski definition) is 0. The third-order valence-corrected chi connectivity index (χ3v) is 8.06. The highest BCUT2D eigenvalue weighted by atomic mass is 32.1. The number of hydrogen-bond acceptors (Lipinski definition) is 9. The number of amides is 1. The smallest absolute Gasteiger partial charge is 0.339 e. The molecule has 1 aliphatic rings. The Morgan fingerprint density at radius 3 is 2.20 bits per heavy atom. The summed E-state index contributed by atoms with van der Waals surface area (Å²) in [5, 5.41) is 1.56. The summed E-state index contributed by atoms with van der Waals surface area (Å²) in [6, 6.07) is 19.4. The number of ether oxygens (including phenoxy) is 4. The van der Waals surface area contributed by atoms with Gasteiger partial charge in [0.1, 0.15) is 11.6 Å². The summed E-state index contributed by atoms with van der Waals surface area (Å²) in [6.45, 7) is 0.123. The summed E-state index contributed by atoms with van der Waals surface area (Å²) >= 11 is 1.53. The molecule has 3 aromatic carbocycles. The first-order chi connectivity index (χ1) is 21.4. The molecule has 0 fully saturated rings. The fourth-order valence-electron chi connectivity index (χ4n) is 5.08. The van der Waals surface area contributed by atoms with Gasteiger partial charge in [0.25, 0.3) is 0 Å². The normalized spacial score (nSPS) is 12.8. The average Bonchev–Trinajstić information content (AvgIpc) is 3.65. The summed E-state index contributed by atoms with van der Waals surface area (Å²) in [6.07, 6.45) is 4.25. The van der Waals surface area contributed by atoms with Crippen LogP contribution in [0.4, 0.5) is 0 Å². The Morgan fingerprint density at radius 2 is 1.57 bits per heavy atom. The number of para-hydroxylation sites is 2. The predicted molar refractivity (Wildman–Crippen MR) is 173 cm³/mol. The van der Waals surface area contributed by atoms with E-state index in [-0.39, 0.29) is 12.6 Å². The van der Waals surface area contributed by atoms with E-state index >= 15 is 0 Å². The summed E-state index contributed by atoms with van der Waals surface area (Å²) in [7, 11) is 8.15. The average molecular weight is 612 g/mol. The topological polar surface area (TPSA) is 100 Å². The van der Waals surface area contributed by atoms with E-state index in [4.69, 9.17) is 23.9 Å². The third-order valence-electron chi connectivity index (χ3n) is 7.05. The molecule has 1 amide bonds. The zero-order chi connectivity index (χ0) is 31.2. The maximum atomic E-state index is 13.6. The first kappa shape index (κ1) is 30.5. The Morgan fingerprint density at radius 1 is 0.909 bits per heavy atom. The SMILES string of the molecule is CN(C)C=O.COc1cc(/C=C2\CCc3c2nc2ccccc2c3C(=O)OCc2nc3ccccc3s2)cc(OC)c1OC. The van der Waals surface area contributed by atoms with Crippen molar-refractivity contribution >= 4 is 56.5 Å². The van der Waals surface area contributed by atoms with Crippen LogP contribution >= 0.6 is 11.3 Å². The van der Waals surface area contributed by atoms with Gasteiger partial charge in [-0.05, 0) is 65.9 Å². The Bertz CT molecular complexity index is 1810. The van der Waals surface area contributed by atoms with Crippen molar-refractivity contribution in [3.05, 3.63) is 88.1 Å². The fraction of sp³-hybridized carbons (Fsp3) is 0.235. The van der Waals surface area contributed by atoms with Crippen LogP contribution in [0, 0.1) is 0 Å². The highest BCUT2D eigenvalue weighted by molar-refractivity contribution is 7.18. The minimum absolute atomic E-state index is 0.123. The quantitative estimate of drug-likeness (QED) is 0.146. The van der Waals surface area contributed by atoms with Crippen molar-refractivity contribution in [2.24, 2.45) is 0 Å². The molecule has 6 rings (SSSR count). The fourth-order valence-corrected chi connectivity index (χ4v) is 5.96. The minimum atomic E-state index is -0.363. The number of thiazole rings is 1. The second-order valence-corrected chi connectivity index (χ2v) is 11.3. The van der Waals surface area contributed by atoms with E-state index in [0.717, 1.165) is 61.4 Å². The van der Waals surface area contributed by atoms with E-state index in [0.29, 0.717) is 29.2 Å². The standard InChI is InChI=1S/C31H26N2O5S.C3H7NO/c1-35-24-15-18(16-25(36-2)30(24)37-3)14-19-12-13-21-28(20-8-4-5-9-22(20)33-29(19)21)31(34)38-17-27-32-23-10-6-7-11-26(23)39-27;1-4(2)3-5/h4-11,14-16H,12-13,17H2,1-3H3;3H,1-2H3/b19-14+;. The molecule has 5 aromatic rings. The second kappa shape index (κ2) is 13.6. The van der Waals surface area contributed by atoms with Gasteiger partial charge in [0.15, 0.2) is 11.5 Å². The van der Waals surface area contributed by atoms with Crippen LogP contribution in [0.25, 0.3) is 32.8 Å². The molecule has 0 spiro atoms. The van der Waals surface area contributed by atoms with E-state index in [1.54, 1.807) is 35.4 Å². The van der Waals surface area contributed by atoms with Gasteiger partial charge in [-0.1, -0.05) is 30.3 Å². The van der Waals surface area contributed by atoms with Crippen LogP contribution in [0.3, 0.4) is 0 Å². The second-order valence-electron chi connectivity index (χ2n) is 10.2. The molecule has 0 saturated carbocycles. The number of nitrogens with zero attached hydrogens (tertiary/aromatic N) is 3. The van der Waals surface area contributed by atoms with Crippen LogP contribution in [0.5, 0.6) is 17.2 Å². The van der Waals surface area contributed by atoms with Gasteiger partial charge in [-0.15, -0.1) is 11.3 Å². The van der Waals surface area contributed by atoms with Crippen molar-refractivity contribution in [1.29, 1.82) is 0 Å². The lowest BCUT2D eigenvalue weighted by Crippen LogP contribution is -2.10. The van der Waals surface area contributed by atoms with Crippen molar-refractivity contribution in [1.82, 2.24) is 14.9 Å². The summed E-state index contributed by atoms with van der Waals surface area (Å²) in [4.78, 5) is 34.0. The number of allylic oxidation sites excluding steroid dienone is 1. The van der Waals surface area contributed by atoms with Crippen LogP contribution in [0.15, 0.2) is 60.7 Å². The van der Waals surface area contributed by atoms with Gasteiger partial charge < -0.3 is 23.8 Å². The number of carbonyl (C=O) groups is 2. The number of methoxy groups -OCH3 is 3. The largest absolute Gasteiger partial charge is 0.493 e. The molecule has 0 saturated heterocycles. The van der Waals surface area contributed by atoms with Gasteiger partial charge in [-0.25, -0.2) is 14.8 Å². The van der Waals surface area contributed by atoms with Gasteiger partial charge in [0.05, 0.1) is 48.3 Å². The lowest BCUT2D eigenvalue weighted by Gasteiger charge is -2.14. The highest BCUT2D eigenvalue weighted by Gasteiger charge is 2.28. The van der Waals surface area contributed by atoms with Crippen molar-refractivity contribution in [3.8, 4) is 17.2 Å². The first-order valence-electron chi connectivity index (χ1n) is 13.9. The Hall–Kier alpha value is -4.96. The lowest BCUT2D eigenvalue weighted by atomic mass is 10.0. The van der Waals surface area contributed by atoms with Crippen LogP contribution in [-0.2, 0) is 22.6 Å². The minimum Gasteiger partial charge on any atom is -0.493 e. The van der Waals surface area contributed by atoms with Gasteiger partial charge in [-0.2, -0.15) is 0 Å². The van der Waals surface area contributed by atoms with Gasteiger partial charge in [0, 0.05) is 19.5 Å². The Labute approximate surface area is 259 Å². The third kappa shape index (κ3) is 6.35. The molecule has 0 bridgehead atoms. The van der Waals surface area contributed by atoms with Gasteiger partial charge in [-0.3, -0.25) is 4.79 Å². The number of pyridine rings is 1. The van der Waals surface area contributed by atoms with Crippen LogP contribution in [0.1, 0.15) is 38.6 Å². The Kier molecular flexibility index (Phi) is 9.40. The molecule has 0 unspecified atom stereocenters. The maximum absolute atomic E-state index is 13.6. The maximum Gasteiger partial charge on any atom is 0.339 e. The molecule has 2 heterocycles. The molecule has 2 aromatic heterocycles. The zero-order valence-electron chi connectivity index (χ0n) is 25.2. The number of aromatic nitrogens is 2. The van der Waals surface area contributed by atoms with Gasteiger partial charge >= 0.3 is 5.97 Å². The molecule has 0 aliphatic heterocycles. The highest BCUT2D eigenvalue weighted by Crippen LogP contribution is 2.42. The first-order valence-corrected chi connectivity index (χ1v) is 14.7. The lowest BCUT2D eigenvalue weighted by molar-refractivity contribution is -0.115. The molecule has 10 heteroatoms. The van der Waals surface area contributed by atoms with E-state index in [2.05, 4.69) is 11.1 Å². The molecule has 1 aliphatic carbocycles. The van der Waals surface area contributed by atoms with E-state index in [1.165, 1.54) is 16.2 Å². The number of esters is 1. The van der Waals surface area contributed by atoms with Gasteiger partial charge in [0.2, 0.25) is 12.2 Å². The molecule has 0 atom stereocenters. The van der Waals surface area contributed by atoms with Crippen LogP contribution in [0.2, 0.25) is 0 Å². The van der Waals surface area contributed by atoms with E-state index < -0.39 is 0 Å². The van der Waals surface area contributed by atoms with Crippen molar-refractivity contribution < 1.29 is 28.5 Å². The summed E-state index contributed by atoms with van der Waals surface area (Å²) in [5.41, 5.74) is 5.87. The number of benzene rings is 3. The molecular formula is C34H33N3O6S. The van der Waals surface area contributed by atoms with E-state index in [9.17, 15) is 9.59 Å².